The van der Waals surface area contributed by atoms with Crippen molar-refractivity contribution >= 4 is 43.2 Å². The van der Waals surface area contributed by atoms with Crippen molar-refractivity contribution in [1.29, 1.82) is 0 Å². The summed E-state index contributed by atoms with van der Waals surface area (Å²) in [6.07, 6.45) is 0. The molecule has 0 aliphatic carbocycles. The molecule has 0 saturated heterocycles. The lowest BCUT2D eigenvalue weighted by atomic mass is 10.2. The molecule has 4 nitrogen and oxygen atoms in total. The van der Waals surface area contributed by atoms with Crippen LogP contribution in [-0.2, 0) is 16.6 Å². The zero-order valence-electron chi connectivity index (χ0n) is 10.6. The van der Waals surface area contributed by atoms with Gasteiger partial charge in [0, 0.05) is 22.8 Å². The van der Waals surface area contributed by atoms with Crippen LogP contribution < -0.4 is 10.5 Å². The zero-order chi connectivity index (χ0) is 15.6. The summed E-state index contributed by atoms with van der Waals surface area (Å²) >= 11 is 8.93. The molecule has 0 radical (unpaired) electrons. The van der Waals surface area contributed by atoms with Crippen LogP contribution in [0.2, 0.25) is 5.02 Å². The maximum absolute atomic E-state index is 13.5. The van der Waals surface area contributed by atoms with Crippen molar-refractivity contribution in [2.75, 3.05) is 5.73 Å². The van der Waals surface area contributed by atoms with Crippen molar-refractivity contribution in [3.8, 4) is 0 Å². The fourth-order valence-corrected chi connectivity index (χ4v) is 3.97. The van der Waals surface area contributed by atoms with Crippen molar-refractivity contribution in [2.45, 2.75) is 11.4 Å². The van der Waals surface area contributed by atoms with Gasteiger partial charge in [0.1, 0.15) is 5.82 Å². The van der Waals surface area contributed by atoms with Crippen molar-refractivity contribution in [1.82, 2.24) is 4.72 Å². The fraction of sp³-hybridized carbons (Fsp3) is 0.0769. The van der Waals surface area contributed by atoms with Gasteiger partial charge in [-0.3, -0.25) is 0 Å². The number of nitrogens with one attached hydrogen (secondary N) is 1. The van der Waals surface area contributed by atoms with E-state index in [0.717, 1.165) is 0 Å². The molecule has 3 N–H and O–H groups in total. The van der Waals surface area contributed by atoms with Gasteiger partial charge < -0.3 is 5.73 Å². The minimum atomic E-state index is -3.88. The zero-order valence-corrected chi connectivity index (χ0v) is 13.8. The number of rotatable bonds is 4. The monoisotopic (exact) mass is 392 g/mol. The molecule has 2 rings (SSSR count). The molecule has 2 aromatic carbocycles. The van der Waals surface area contributed by atoms with Crippen LogP contribution in [0.1, 0.15) is 5.56 Å². The van der Waals surface area contributed by atoms with Gasteiger partial charge in [0.25, 0.3) is 0 Å². The summed E-state index contributed by atoms with van der Waals surface area (Å²) in [5.41, 5.74) is 6.11. The highest BCUT2D eigenvalue weighted by Crippen LogP contribution is 2.31. The van der Waals surface area contributed by atoms with E-state index in [0.29, 0.717) is 0 Å². The molecule has 0 heterocycles. The summed E-state index contributed by atoms with van der Waals surface area (Å²) < 4.78 is 40.5. The van der Waals surface area contributed by atoms with Crippen LogP contribution in [0.15, 0.2) is 45.8 Å². The van der Waals surface area contributed by atoms with Crippen LogP contribution in [0.5, 0.6) is 0 Å². The first-order chi connectivity index (χ1) is 9.81. The maximum Gasteiger partial charge on any atom is 0.242 e. The standard InChI is InChI=1S/C13H11BrClFN2O2S/c14-13-11(17)5-9(15)6-12(13)21(19,20)18-7-8-3-1-2-4-10(8)16/h1-6,18H,7,17H2. The summed E-state index contributed by atoms with van der Waals surface area (Å²) in [5, 5.41) is 0.196. The minimum Gasteiger partial charge on any atom is -0.398 e. The second-order valence-electron chi connectivity index (χ2n) is 4.22. The molecule has 8 heteroatoms. The first-order valence-electron chi connectivity index (χ1n) is 5.79. The third kappa shape index (κ3) is 3.74. The van der Waals surface area contributed by atoms with Crippen molar-refractivity contribution in [2.24, 2.45) is 0 Å². The average Bonchev–Trinajstić information content (AvgIpc) is 2.42. The lowest BCUT2D eigenvalue weighted by Crippen LogP contribution is -2.24. The van der Waals surface area contributed by atoms with Crippen molar-refractivity contribution in [3.63, 3.8) is 0 Å². The number of nitrogens with two attached hydrogens (primary N) is 1. The van der Waals surface area contributed by atoms with Gasteiger partial charge in [0.05, 0.1) is 9.37 Å². The summed E-state index contributed by atoms with van der Waals surface area (Å²) in [7, 11) is -3.88. The molecule has 0 saturated carbocycles. The van der Waals surface area contributed by atoms with E-state index in [2.05, 4.69) is 20.7 Å². The Kier molecular flexibility index (Phi) is 4.88. The normalized spacial score (nSPS) is 11.6. The molecule has 0 fully saturated rings. The second-order valence-corrected chi connectivity index (χ2v) is 7.19. The van der Waals surface area contributed by atoms with Crippen LogP contribution in [0, 0.1) is 5.82 Å². The Hall–Kier alpha value is -1.15. The Morgan fingerprint density at radius 1 is 1.29 bits per heavy atom. The molecular weight excluding hydrogens is 383 g/mol. The summed E-state index contributed by atoms with van der Waals surface area (Å²) in [4.78, 5) is -0.0937. The van der Waals surface area contributed by atoms with E-state index in [4.69, 9.17) is 17.3 Å². The Bertz CT molecular complexity index is 784. The van der Waals surface area contributed by atoms with E-state index in [-0.39, 0.29) is 32.2 Å². The minimum absolute atomic E-state index is 0.0937. The van der Waals surface area contributed by atoms with Crippen molar-refractivity contribution < 1.29 is 12.8 Å². The molecule has 2 aromatic rings. The predicted molar refractivity (Wildman–Crippen MR) is 84.0 cm³/mol. The van der Waals surface area contributed by atoms with E-state index in [1.54, 1.807) is 6.07 Å². The summed E-state index contributed by atoms with van der Waals surface area (Å²) in [5.74, 6) is -0.482. The fourth-order valence-electron chi connectivity index (χ4n) is 1.67. The molecule has 0 aliphatic rings. The number of hydrogen-bond acceptors (Lipinski definition) is 3. The van der Waals surface area contributed by atoms with Crippen LogP contribution in [0.4, 0.5) is 10.1 Å². The summed E-state index contributed by atoms with van der Waals surface area (Å²) in [6.45, 7) is -0.173. The lowest BCUT2D eigenvalue weighted by Gasteiger charge is -2.11. The third-order valence-electron chi connectivity index (χ3n) is 2.73. The Labute approximate surface area is 135 Å². The van der Waals surface area contributed by atoms with Gasteiger partial charge in [-0.05, 0) is 34.1 Å². The van der Waals surface area contributed by atoms with Gasteiger partial charge in [-0.25, -0.2) is 17.5 Å². The van der Waals surface area contributed by atoms with E-state index in [9.17, 15) is 12.8 Å². The van der Waals surface area contributed by atoms with Crippen LogP contribution in [0.3, 0.4) is 0 Å². The molecule has 0 amide bonds. The van der Waals surface area contributed by atoms with E-state index < -0.39 is 15.8 Å². The number of nitrogen functional groups attached to an aromatic ring is 1. The highest BCUT2D eigenvalue weighted by atomic mass is 79.9. The molecule has 0 bridgehead atoms. The smallest absolute Gasteiger partial charge is 0.242 e. The molecule has 0 aliphatic heterocycles. The van der Waals surface area contributed by atoms with Crippen molar-refractivity contribution in [3.05, 3.63) is 57.3 Å². The quantitative estimate of drug-likeness (QED) is 0.783. The van der Waals surface area contributed by atoms with Crippen LogP contribution in [-0.4, -0.2) is 8.42 Å². The summed E-state index contributed by atoms with van der Waals surface area (Å²) in [6, 6.07) is 8.62. The molecule has 0 spiro atoms. The van der Waals surface area contributed by atoms with Crippen LogP contribution in [0.25, 0.3) is 0 Å². The number of halogens is 3. The van der Waals surface area contributed by atoms with Gasteiger partial charge >= 0.3 is 0 Å². The van der Waals surface area contributed by atoms with Gasteiger partial charge in [-0.2, -0.15) is 0 Å². The highest BCUT2D eigenvalue weighted by Gasteiger charge is 2.20. The molecule has 0 unspecified atom stereocenters. The molecule has 21 heavy (non-hydrogen) atoms. The third-order valence-corrected chi connectivity index (χ3v) is 5.52. The molecule has 0 aromatic heterocycles. The lowest BCUT2D eigenvalue weighted by molar-refractivity contribution is 0.574. The highest BCUT2D eigenvalue weighted by molar-refractivity contribution is 9.10. The first-order valence-corrected chi connectivity index (χ1v) is 8.44. The number of hydrogen-bond donors (Lipinski definition) is 2. The maximum atomic E-state index is 13.5. The number of benzene rings is 2. The van der Waals surface area contributed by atoms with Gasteiger partial charge in [0.2, 0.25) is 10.0 Å². The topological polar surface area (TPSA) is 72.2 Å². The predicted octanol–water partition coefficient (Wildman–Crippen LogP) is 3.30. The van der Waals surface area contributed by atoms with Gasteiger partial charge in [-0.15, -0.1) is 0 Å². The Morgan fingerprint density at radius 2 is 1.95 bits per heavy atom. The Morgan fingerprint density at radius 3 is 2.62 bits per heavy atom. The van der Waals surface area contributed by atoms with E-state index in [1.807, 2.05) is 0 Å². The molecule has 112 valence electrons. The number of anilines is 1. The average molecular weight is 394 g/mol. The first kappa shape index (κ1) is 16.2. The SMILES string of the molecule is Nc1cc(Cl)cc(S(=O)(=O)NCc2ccccc2F)c1Br. The van der Waals surface area contributed by atoms with E-state index >= 15 is 0 Å². The largest absolute Gasteiger partial charge is 0.398 e. The molecular formula is C13H11BrClFN2O2S. The van der Waals surface area contributed by atoms with Gasteiger partial charge in [0.15, 0.2) is 0 Å². The van der Waals surface area contributed by atoms with Crippen LogP contribution >= 0.6 is 27.5 Å². The molecule has 0 atom stereocenters. The second kappa shape index (κ2) is 6.31. The van der Waals surface area contributed by atoms with E-state index in [1.165, 1.54) is 30.3 Å². The Balaban J connectivity index is 2.30. The number of sulfonamides is 1. The van der Waals surface area contributed by atoms with Gasteiger partial charge in [-0.1, -0.05) is 29.8 Å².